The van der Waals surface area contributed by atoms with E-state index in [-0.39, 0.29) is 12.1 Å². The molecule has 0 fully saturated rings. The summed E-state index contributed by atoms with van der Waals surface area (Å²) in [5.74, 6) is -0.343. The molecule has 2 rings (SSSR count). The highest BCUT2D eigenvalue weighted by molar-refractivity contribution is 5.89. The first-order valence-electron chi connectivity index (χ1n) is 7.56. The van der Waals surface area contributed by atoms with Crippen LogP contribution in [-0.4, -0.2) is 26.6 Å². The number of nitrogens with zero attached hydrogens (tertiary/aromatic N) is 3. The number of imidazole rings is 1. The van der Waals surface area contributed by atoms with Gasteiger partial charge in [0.15, 0.2) is 0 Å². The number of pyridine rings is 1. The van der Waals surface area contributed by atoms with Crippen molar-refractivity contribution in [3.05, 3.63) is 54.9 Å². The summed E-state index contributed by atoms with van der Waals surface area (Å²) >= 11 is 0. The van der Waals surface area contributed by atoms with Crippen LogP contribution in [0.25, 0.3) is 6.20 Å². The number of esters is 1. The second-order valence-corrected chi connectivity index (χ2v) is 5.03. The molecular formula is C17H21N3O2. The summed E-state index contributed by atoms with van der Waals surface area (Å²) < 4.78 is 7.41. The third-order valence-electron chi connectivity index (χ3n) is 3.25. The molecule has 0 aliphatic rings. The number of rotatable bonds is 8. The zero-order chi connectivity index (χ0) is 15.6. The van der Waals surface area contributed by atoms with Crippen LogP contribution in [0.5, 0.6) is 0 Å². The fourth-order valence-electron chi connectivity index (χ4n) is 2.03. The van der Waals surface area contributed by atoms with Gasteiger partial charge >= 0.3 is 5.97 Å². The fourth-order valence-corrected chi connectivity index (χ4v) is 2.03. The maximum Gasteiger partial charge on any atom is 0.340 e. The smallest absolute Gasteiger partial charge is 0.340 e. The van der Waals surface area contributed by atoms with Gasteiger partial charge in [0.25, 0.3) is 0 Å². The molecule has 0 bridgehead atoms. The van der Waals surface area contributed by atoms with Crippen LogP contribution < -0.4 is 0 Å². The van der Waals surface area contributed by atoms with Crippen molar-refractivity contribution in [1.29, 1.82) is 0 Å². The van der Waals surface area contributed by atoms with E-state index in [0.29, 0.717) is 5.56 Å². The predicted octanol–water partition coefficient (Wildman–Crippen LogP) is 3.55. The number of hydrogen-bond acceptors (Lipinski definition) is 4. The number of carbonyl (C=O) groups is 1. The summed E-state index contributed by atoms with van der Waals surface area (Å²) in [6, 6.07) is 3.43. The Labute approximate surface area is 130 Å². The molecule has 0 aliphatic heterocycles. The first kappa shape index (κ1) is 15.9. The van der Waals surface area contributed by atoms with Crippen LogP contribution in [0, 0.1) is 0 Å². The van der Waals surface area contributed by atoms with Crippen LogP contribution in [0.15, 0.2) is 49.3 Å². The molecule has 2 heterocycles. The van der Waals surface area contributed by atoms with Gasteiger partial charge in [-0.05, 0) is 31.1 Å². The summed E-state index contributed by atoms with van der Waals surface area (Å²) in [5, 5.41) is 0. The SMILES string of the molecule is CCCCC[C@@H](/C=C/n1ccnc1)OC(=O)c1cccnc1. The van der Waals surface area contributed by atoms with Gasteiger partial charge in [0, 0.05) is 31.0 Å². The lowest BCUT2D eigenvalue weighted by molar-refractivity contribution is 0.0377. The van der Waals surface area contributed by atoms with Crippen molar-refractivity contribution in [3.8, 4) is 0 Å². The molecule has 2 aromatic rings. The van der Waals surface area contributed by atoms with Crippen LogP contribution in [0.1, 0.15) is 43.0 Å². The molecule has 0 amide bonds. The van der Waals surface area contributed by atoms with Gasteiger partial charge in [0.05, 0.1) is 11.9 Å². The number of ether oxygens (including phenoxy) is 1. The van der Waals surface area contributed by atoms with E-state index >= 15 is 0 Å². The Morgan fingerprint density at radius 3 is 2.95 bits per heavy atom. The van der Waals surface area contributed by atoms with E-state index in [0.717, 1.165) is 25.7 Å². The third kappa shape index (κ3) is 5.16. The van der Waals surface area contributed by atoms with E-state index in [2.05, 4.69) is 16.9 Å². The zero-order valence-electron chi connectivity index (χ0n) is 12.8. The van der Waals surface area contributed by atoms with E-state index in [9.17, 15) is 4.79 Å². The molecule has 22 heavy (non-hydrogen) atoms. The van der Waals surface area contributed by atoms with Gasteiger partial charge in [0.1, 0.15) is 6.10 Å². The van der Waals surface area contributed by atoms with E-state index in [4.69, 9.17) is 4.74 Å². The van der Waals surface area contributed by atoms with E-state index in [1.165, 1.54) is 6.20 Å². The van der Waals surface area contributed by atoms with Crippen LogP contribution in [0.3, 0.4) is 0 Å². The minimum absolute atomic E-state index is 0.248. The van der Waals surface area contributed by atoms with Gasteiger partial charge in [0.2, 0.25) is 0 Å². The highest BCUT2D eigenvalue weighted by Crippen LogP contribution is 2.12. The van der Waals surface area contributed by atoms with Crippen LogP contribution in [0.4, 0.5) is 0 Å². The lowest BCUT2D eigenvalue weighted by atomic mass is 10.1. The van der Waals surface area contributed by atoms with Gasteiger partial charge in [-0.1, -0.05) is 19.8 Å². The number of aromatic nitrogens is 3. The predicted molar refractivity (Wildman–Crippen MR) is 85.1 cm³/mol. The molecule has 5 nitrogen and oxygen atoms in total. The molecule has 5 heteroatoms. The van der Waals surface area contributed by atoms with Gasteiger partial charge in [-0.3, -0.25) is 4.98 Å². The molecule has 0 N–H and O–H groups in total. The third-order valence-corrected chi connectivity index (χ3v) is 3.25. The molecule has 0 saturated carbocycles. The number of unbranched alkanes of at least 4 members (excludes halogenated alkanes) is 2. The Hall–Kier alpha value is -2.43. The Balaban J connectivity index is 1.98. The first-order valence-corrected chi connectivity index (χ1v) is 7.56. The summed E-state index contributed by atoms with van der Waals surface area (Å²) in [6.07, 6.45) is 16.0. The van der Waals surface area contributed by atoms with Crippen LogP contribution in [0.2, 0.25) is 0 Å². The normalized spacial score (nSPS) is 12.4. The maximum absolute atomic E-state index is 12.1. The standard InChI is InChI=1S/C17H21N3O2/c1-2-3-4-7-16(8-11-20-12-10-19-14-20)22-17(21)15-6-5-9-18-13-15/h5-6,8-14,16H,2-4,7H2,1H3/b11-8+/t16-/m0/s1. The van der Waals surface area contributed by atoms with Gasteiger partial charge in [-0.15, -0.1) is 0 Å². The van der Waals surface area contributed by atoms with Crippen molar-refractivity contribution in [2.24, 2.45) is 0 Å². The molecule has 0 radical (unpaired) electrons. The summed E-state index contributed by atoms with van der Waals surface area (Å²) in [5.41, 5.74) is 0.471. The minimum Gasteiger partial charge on any atom is -0.454 e. The summed E-state index contributed by atoms with van der Waals surface area (Å²) in [7, 11) is 0. The Morgan fingerprint density at radius 2 is 2.27 bits per heavy atom. The summed E-state index contributed by atoms with van der Waals surface area (Å²) in [6.45, 7) is 2.15. The number of hydrogen-bond donors (Lipinski definition) is 0. The zero-order valence-corrected chi connectivity index (χ0v) is 12.8. The molecule has 0 saturated heterocycles. The van der Waals surface area contributed by atoms with E-state index < -0.39 is 0 Å². The second kappa shape index (κ2) is 8.77. The maximum atomic E-state index is 12.1. The first-order chi connectivity index (χ1) is 10.8. The Morgan fingerprint density at radius 1 is 1.36 bits per heavy atom. The van der Waals surface area contributed by atoms with Crippen molar-refractivity contribution in [3.63, 3.8) is 0 Å². The largest absolute Gasteiger partial charge is 0.454 e. The highest BCUT2D eigenvalue weighted by Gasteiger charge is 2.13. The van der Waals surface area contributed by atoms with Crippen molar-refractivity contribution >= 4 is 12.2 Å². The lowest BCUT2D eigenvalue weighted by Gasteiger charge is -2.14. The molecule has 0 unspecified atom stereocenters. The fraction of sp³-hybridized carbons (Fsp3) is 0.353. The molecule has 116 valence electrons. The van der Waals surface area contributed by atoms with E-state index in [1.807, 2.05) is 23.0 Å². The topological polar surface area (TPSA) is 57.0 Å². The van der Waals surface area contributed by atoms with Gasteiger partial charge in [-0.25, -0.2) is 9.78 Å². The molecule has 0 spiro atoms. The quantitative estimate of drug-likeness (QED) is 0.552. The second-order valence-electron chi connectivity index (χ2n) is 5.03. The van der Waals surface area contributed by atoms with Gasteiger partial charge in [-0.2, -0.15) is 0 Å². The molecule has 0 aromatic carbocycles. The highest BCUT2D eigenvalue weighted by atomic mass is 16.5. The Kier molecular flexibility index (Phi) is 6.36. The average molecular weight is 299 g/mol. The Bertz CT molecular complexity index is 579. The minimum atomic E-state index is -0.343. The molecular weight excluding hydrogens is 278 g/mol. The van der Waals surface area contributed by atoms with Crippen molar-refractivity contribution in [2.75, 3.05) is 0 Å². The van der Waals surface area contributed by atoms with Gasteiger partial charge < -0.3 is 9.30 Å². The average Bonchev–Trinajstić information content (AvgIpc) is 3.07. The van der Waals surface area contributed by atoms with Crippen LogP contribution in [-0.2, 0) is 4.74 Å². The van der Waals surface area contributed by atoms with Crippen molar-refractivity contribution in [2.45, 2.75) is 38.7 Å². The molecule has 1 atom stereocenters. The summed E-state index contributed by atoms with van der Waals surface area (Å²) in [4.78, 5) is 20.1. The van der Waals surface area contributed by atoms with E-state index in [1.54, 1.807) is 30.9 Å². The lowest BCUT2D eigenvalue weighted by Crippen LogP contribution is -2.16. The molecule has 2 aromatic heterocycles. The molecule has 0 aliphatic carbocycles. The van der Waals surface area contributed by atoms with Crippen LogP contribution >= 0.6 is 0 Å². The number of carbonyl (C=O) groups excluding carboxylic acids is 1. The van der Waals surface area contributed by atoms with Crippen molar-refractivity contribution in [1.82, 2.24) is 14.5 Å². The van der Waals surface area contributed by atoms with Crippen molar-refractivity contribution < 1.29 is 9.53 Å². The monoisotopic (exact) mass is 299 g/mol.